The van der Waals surface area contributed by atoms with E-state index in [-0.39, 0.29) is 12.2 Å². The molecule has 0 atom stereocenters. The van der Waals surface area contributed by atoms with Gasteiger partial charge >= 0.3 is 5.97 Å². The molecule has 0 radical (unpaired) electrons. The van der Waals surface area contributed by atoms with E-state index in [1.807, 2.05) is 6.07 Å². The van der Waals surface area contributed by atoms with Crippen molar-refractivity contribution in [2.75, 3.05) is 7.11 Å². The zero-order valence-corrected chi connectivity index (χ0v) is 13.1. The van der Waals surface area contributed by atoms with Crippen LogP contribution in [0, 0.1) is 11.3 Å². The molecule has 1 aromatic heterocycles. The number of nitriles is 1. The van der Waals surface area contributed by atoms with E-state index in [0.29, 0.717) is 21.8 Å². The van der Waals surface area contributed by atoms with Gasteiger partial charge < -0.3 is 9.84 Å². The lowest BCUT2D eigenvalue weighted by atomic mass is 10.0. The van der Waals surface area contributed by atoms with Gasteiger partial charge in [-0.25, -0.2) is 0 Å². The molecule has 0 unspecified atom stereocenters. The Morgan fingerprint density at radius 1 is 1.35 bits per heavy atom. The molecule has 116 valence electrons. The molecule has 0 amide bonds. The third-order valence-corrected chi connectivity index (χ3v) is 4.00. The van der Waals surface area contributed by atoms with E-state index < -0.39 is 5.97 Å². The van der Waals surface area contributed by atoms with Gasteiger partial charge in [-0.3, -0.25) is 9.59 Å². The van der Waals surface area contributed by atoms with Crippen LogP contribution in [0.15, 0.2) is 36.4 Å². The van der Waals surface area contributed by atoms with Crippen LogP contribution in [0.1, 0.15) is 25.7 Å². The average molecular weight is 327 g/mol. The molecule has 1 aromatic carbocycles. The van der Waals surface area contributed by atoms with Gasteiger partial charge in [-0.1, -0.05) is 0 Å². The molecular weight excluding hydrogens is 314 g/mol. The predicted octanol–water partition coefficient (Wildman–Crippen LogP) is 3.15. The number of carbonyl (C=O) groups excluding carboxylic acids is 1. The van der Waals surface area contributed by atoms with Crippen LogP contribution in [0.3, 0.4) is 0 Å². The summed E-state index contributed by atoms with van der Waals surface area (Å²) in [5, 5.41) is 17.7. The van der Waals surface area contributed by atoms with Gasteiger partial charge in [-0.15, -0.1) is 11.3 Å². The first kappa shape index (κ1) is 16.5. The monoisotopic (exact) mass is 327 g/mol. The van der Waals surface area contributed by atoms with Crippen LogP contribution in [0.2, 0.25) is 0 Å². The number of carbonyl (C=O) groups is 2. The molecule has 1 N–H and O–H groups in total. The highest BCUT2D eigenvalue weighted by Crippen LogP contribution is 2.22. The Balaban J connectivity index is 2.21. The summed E-state index contributed by atoms with van der Waals surface area (Å²) >= 11 is 1.29. The molecule has 0 aliphatic rings. The summed E-state index contributed by atoms with van der Waals surface area (Å²) in [6.45, 7) is 0. The second-order valence-corrected chi connectivity index (χ2v) is 5.72. The van der Waals surface area contributed by atoms with Crippen molar-refractivity contribution in [3.05, 3.63) is 57.3 Å². The van der Waals surface area contributed by atoms with Crippen molar-refractivity contribution >= 4 is 29.2 Å². The van der Waals surface area contributed by atoms with Gasteiger partial charge in [-0.2, -0.15) is 5.26 Å². The first-order valence-electron chi connectivity index (χ1n) is 6.64. The maximum absolute atomic E-state index is 12.2. The van der Waals surface area contributed by atoms with Crippen molar-refractivity contribution in [3.63, 3.8) is 0 Å². The van der Waals surface area contributed by atoms with Gasteiger partial charge in [0.2, 0.25) is 0 Å². The highest BCUT2D eigenvalue weighted by molar-refractivity contribution is 7.13. The fraction of sp³-hybridized carbons (Fsp3) is 0.118. The molecule has 0 aliphatic heterocycles. The number of benzene rings is 1. The standard InChI is InChI=1S/C17H13NO4S/c1-22-16-7-2-11(8-12(16)9-17(20)21)15(19)6-5-13-3-4-14(10-18)23-13/h2-8H,9H2,1H3,(H,20,21)/b6-5+. The molecule has 1 heterocycles. The lowest BCUT2D eigenvalue weighted by Gasteiger charge is -2.07. The SMILES string of the molecule is COc1ccc(C(=O)/C=C/c2ccc(C#N)s2)cc1CC(=O)O. The summed E-state index contributed by atoms with van der Waals surface area (Å²) < 4.78 is 5.10. The zero-order valence-electron chi connectivity index (χ0n) is 12.3. The molecule has 0 bridgehead atoms. The van der Waals surface area contributed by atoms with Crippen LogP contribution in [0.4, 0.5) is 0 Å². The number of thiophene rings is 1. The largest absolute Gasteiger partial charge is 0.496 e. The third kappa shape index (κ3) is 4.28. The number of nitrogens with zero attached hydrogens (tertiary/aromatic N) is 1. The van der Waals surface area contributed by atoms with E-state index in [1.165, 1.54) is 30.6 Å². The Morgan fingerprint density at radius 2 is 2.13 bits per heavy atom. The molecule has 0 spiro atoms. The second kappa shape index (κ2) is 7.38. The van der Waals surface area contributed by atoms with E-state index in [2.05, 4.69) is 0 Å². The Hall–Kier alpha value is -2.91. The van der Waals surface area contributed by atoms with Crippen molar-refractivity contribution in [1.29, 1.82) is 5.26 Å². The molecule has 0 saturated carbocycles. The number of carboxylic acids is 1. The van der Waals surface area contributed by atoms with E-state index >= 15 is 0 Å². The molecule has 0 saturated heterocycles. The van der Waals surface area contributed by atoms with Gasteiger partial charge in [0.05, 0.1) is 13.5 Å². The molecule has 0 aliphatic carbocycles. The van der Waals surface area contributed by atoms with Crippen LogP contribution < -0.4 is 4.74 Å². The normalized spacial score (nSPS) is 10.4. The number of ketones is 1. The minimum absolute atomic E-state index is 0.218. The highest BCUT2D eigenvalue weighted by Gasteiger charge is 2.11. The van der Waals surface area contributed by atoms with Crippen molar-refractivity contribution < 1.29 is 19.4 Å². The van der Waals surface area contributed by atoms with Crippen molar-refractivity contribution in [2.24, 2.45) is 0 Å². The van der Waals surface area contributed by atoms with Crippen molar-refractivity contribution in [1.82, 2.24) is 0 Å². The predicted molar refractivity (Wildman–Crippen MR) is 86.7 cm³/mol. The summed E-state index contributed by atoms with van der Waals surface area (Å²) in [7, 11) is 1.45. The van der Waals surface area contributed by atoms with Crippen LogP contribution in [0.25, 0.3) is 6.08 Å². The highest BCUT2D eigenvalue weighted by atomic mass is 32.1. The maximum Gasteiger partial charge on any atom is 0.307 e. The smallest absolute Gasteiger partial charge is 0.307 e. The van der Waals surface area contributed by atoms with E-state index in [4.69, 9.17) is 15.1 Å². The van der Waals surface area contributed by atoms with E-state index in [9.17, 15) is 9.59 Å². The summed E-state index contributed by atoms with van der Waals surface area (Å²) in [6, 6.07) is 10.2. The molecule has 5 nitrogen and oxygen atoms in total. The van der Waals surface area contributed by atoms with Crippen molar-refractivity contribution in [2.45, 2.75) is 6.42 Å². The number of hydrogen-bond acceptors (Lipinski definition) is 5. The first-order valence-corrected chi connectivity index (χ1v) is 7.46. The second-order valence-electron chi connectivity index (χ2n) is 4.61. The zero-order chi connectivity index (χ0) is 16.8. The molecule has 0 fully saturated rings. The third-order valence-electron chi connectivity index (χ3n) is 3.04. The number of ether oxygens (including phenoxy) is 1. The Morgan fingerprint density at radius 3 is 2.74 bits per heavy atom. The minimum Gasteiger partial charge on any atom is -0.496 e. The maximum atomic E-state index is 12.2. The van der Waals surface area contributed by atoms with Gasteiger partial charge in [0, 0.05) is 16.0 Å². The number of aliphatic carboxylic acids is 1. The van der Waals surface area contributed by atoms with E-state index in [0.717, 1.165) is 4.88 Å². The van der Waals surface area contributed by atoms with Crippen LogP contribution in [-0.4, -0.2) is 24.0 Å². The lowest BCUT2D eigenvalue weighted by molar-refractivity contribution is -0.136. The number of carboxylic acid groups (broad SMARTS) is 1. The molecule has 23 heavy (non-hydrogen) atoms. The van der Waals surface area contributed by atoms with Gasteiger partial charge in [0.25, 0.3) is 0 Å². The summed E-state index contributed by atoms with van der Waals surface area (Å²) in [4.78, 5) is 24.5. The van der Waals surface area contributed by atoms with E-state index in [1.54, 1.807) is 30.3 Å². The number of hydrogen-bond donors (Lipinski definition) is 1. The van der Waals surface area contributed by atoms with Gasteiger partial charge in [-0.05, 0) is 42.5 Å². The van der Waals surface area contributed by atoms with Crippen molar-refractivity contribution in [3.8, 4) is 11.8 Å². The number of methoxy groups -OCH3 is 1. The number of rotatable bonds is 6. The van der Waals surface area contributed by atoms with Gasteiger partial charge in [0.15, 0.2) is 5.78 Å². The summed E-state index contributed by atoms with van der Waals surface area (Å²) in [6.07, 6.45) is 2.82. The number of allylic oxidation sites excluding steroid dienone is 1. The molecule has 2 aromatic rings. The fourth-order valence-electron chi connectivity index (χ4n) is 1.99. The molecular formula is C17H13NO4S. The average Bonchev–Trinajstić information content (AvgIpc) is 3.00. The van der Waals surface area contributed by atoms with Gasteiger partial charge in [0.1, 0.15) is 16.7 Å². The fourth-order valence-corrected chi connectivity index (χ4v) is 2.70. The van der Waals surface area contributed by atoms with Crippen LogP contribution >= 0.6 is 11.3 Å². The minimum atomic E-state index is -0.994. The quantitative estimate of drug-likeness (QED) is 0.650. The topological polar surface area (TPSA) is 87.4 Å². The van der Waals surface area contributed by atoms with Crippen LogP contribution in [0.5, 0.6) is 5.75 Å². The Kier molecular flexibility index (Phi) is 5.28. The summed E-state index contributed by atoms with van der Waals surface area (Å²) in [5.41, 5.74) is 0.831. The summed E-state index contributed by atoms with van der Waals surface area (Å²) in [5.74, 6) is -0.804. The first-order chi connectivity index (χ1) is 11.0. The van der Waals surface area contributed by atoms with Crippen LogP contribution in [-0.2, 0) is 11.2 Å². The molecule has 2 rings (SSSR count). The Labute approximate surface area is 137 Å². The lowest BCUT2D eigenvalue weighted by Crippen LogP contribution is -2.04. The molecule has 6 heteroatoms. The Bertz CT molecular complexity index is 814.